The Morgan fingerprint density at radius 2 is 2.12 bits per heavy atom. The second-order valence-electron chi connectivity index (χ2n) is 5.01. The Hall–Kier alpha value is -1.05. The summed E-state index contributed by atoms with van der Waals surface area (Å²) < 4.78 is 2.07. The molecule has 90 valence electrons. The first-order valence-electron chi connectivity index (χ1n) is 6.29. The van der Waals surface area contributed by atoms with Gasteiger partial charge in [0.25, 0.3) is 0 Å². The van der Waals surface area contributed by atoms with E-state index in [-0.39, 0.29) is 5.54 Å². The molecule has 0 aliphatic carbocycles. The third kappa shape index (κ3) is 3.51. The summed E-state index contributed by atoms with van der Waals surface area (Å²) in [5.41, 5.74) is 1.08. The lowest BCUT2D eigenvalue weighted by molar-refractivity contribution is 0.284. The van der Waals surface area contributed by atoms with Gasteiger partial charge in [0.2, 0.25) is 0 Å². The standard InChI is InChI=1S/C14H24N2/c1-5-7-8-9-11-14(3,4)16-12-10-13(6-2)15-16/h6,10,12H,2,5,7-9,11H2,1,3-4H3. The van der Waals surface area contributed by atoms with E-state index in [0.717, 1.165) is 5.69 Å². The van der Waals surface area contributed by atoms with Crippen LogP contribution in [0.15, 0.2) is 18.8 Å². The van der Waals surface area contributed by atoms with Crippen LogP contribution in [-0.4, -0.2) is 9.78 Å². The molecule has 0 atom stereocenters. The highest BCUT2D eigenvalue weighted by molar-refractivity contribution is 5.39. The molecule has 0 unspecified atom stereocenters. The zero-order valence-corrected chi connectivity index (χ0v) is 10.9. The normalized spacial score (nSPS) is 11.7. The molecule has 2 heteroatoms. The van der Waals surface area contributed by atoms with Gasteiger partial charge in [-0.15, -0.1) is 0 Å². The van der Waals surface area contributed by atoms with Crippen molar-refractivity contribution < 1.29 is 0 Å². The molecule has 0 amide bonds. The van der Waals surface area contributed by atoms with Crippen LogP contribution in [0.2, 0.25) is 0 Å². The van der Waals surface area contributed by atoms with Crippen LogP contribution in [0.25, 0.3) is 6.08 Å². The summed E-state index contributed by atoms with van der Waals surface area (Å²) in [6.45, 7) is 10.5. The third-order valence-electron chi connectivity index (χ3n) is 3.08. The van der Waals surface area contributed by atoms with Crippen LogP contribution in [0.1, 0.15) is 58.6 Å². The molecular formula is C14H24N2. The summed E-state index contributed by atoms with van der Waals surface area (Å²) in [5, 5.41) is 4.50. The van der Waals surface area contributed by atoms with Crippen LogP contribution in [0, 0.1) is 0 Å². The molecule has 1 heterocycles. The van der Waals surface area contributed by atoms with Crippen LogP contribution in [0.4, 0.5) is 0 Å². The van der Waals surface area contributed by atoms with E-state index in [9.17, 15) is 0 Å². The van der Waals surface area contributed by atoms with Crippen molar-refractivity contribution in [2.75, 3.05) is 0 Å². The molecule has 0 aliphatic rings. The van der Waals surface area contributed by atoms with Gasteiger partial charge in [-0.3, -0.25) is 4.68 Å². The van der Waals surface area contributed by atoms with E-state index >= 15 is 0 Å². The Kier molecular flexibility index (Phi) is 4.78. The molecular weight excluding hydrogens is 196 g/mol. The minimum atomic E-state index is 0.120. The highest BCUT2D eigenvalue weighted by atomic mass is 15.3. The van der Waals surface area contributed by atoms with Crippen molar-refractivity contribution in [1.82, 2.24) is 9.78 Å². The van der Waals surface area contributed by atoms with Crippen molar-refractivity contribution in [2.24, 2.45) is 0 Å². The third-order valence-corrected chi connectivity index (χ3v) is 3.08. The van der Waals surface area contributed by atoms with Gasteiger partial charge in [-0.25, -0.2) is 0 Å². The average Bonchev–Trinajstić information content (AvgIpc) is 2.73. The Bertz CT molecular complexity index is 323. The number of rotatable bonds is 7. The number of nitrogens with zero attached hydrogens (tertiary/aromatic N) is 2. The summed E-state index contributed by atoms with van der Waals surface area (Å²) in [6, 6.07) is 2.01. The van der Waals surface area contributed by atoms with Gasteiger partial charge in [-0.2, -0.15) is 5.10 Å². The Balaban J connectivity index is 2.51. The molecule has 2 nitrogen and oxygen atoms in total. The predicted molar refractivity (Wildman–Crippen MR) is 70.4 cm³/mol. The average molecular weight is 220 g/mol. The van der Waals surface area contributed by atoms with Crippen molar-refractivity contribution in [1.29, 1.82) is 0 Å². The van der Waals surface area contributed by atoms with Crippen LogP contribution in [0.5, 0.6) is 0 Å². The first-order chi connectivity index (χ1) is 7.60. The fraction of sp³-hybridized carbons (Fsp3) is 0.643. The summed E-state index contributed by atoms with van der Waals surface area (Å²) >= 11 is 0. The number of unbranched alkanes of at least 4 members (excludes halogenated alkanes) is 3. The Labute approximate surface area is 99.4 Å². The highest BCUT2D eigenvalue weighted by Gasteiger charge is 2.20. The maximum Gasteiger partial charge on any atom is 0.0845 e. The molecule has 0 fully saturated rings. The zero-order valence-electron chi connectivity index (χ0n) is 10.9. The minimum Gasteiger partial charge on any atom is -0.267 e. The van der Waals surface area contributed by atoms with E-state index in [1.165, 1.54) is 32.1 Å². The SMILES string of the molecule is C=Cc1ccn(C(C)(C)CCCCCC)n1. The lowest BCUT2D eigenvalue weighted by Crippen LogP contribution is -2.26. The molecule has 0 N–H and O–H groups in total. The maximum atomic E-state index is 4.50. The molecule has 1 aromatic rings. The first-order valence-corrected chi connectivity index (χ1v) is 6.29. The molecule has 0 saturated carbocycles. The van der Waals surface area contributed by atoms with Gasteiger partial charge < -0.3 is 0 Å². The van der Waals surface area contributed by atoms with Gasteiger partial charge in [-0.05, 0) is 32.4 Å². The second-order valence-corrected chi connectivity index (χ2v) is 5.01. The molecule has 0 bridgehead atoms. The molecule has 0 saturated heterocycles. The van der Waals surface area contributed by atoms with Crippen molar-refractivity contribution in [3.8, 4) is 0 Å². The molecule has 0 spiro atoms. The molecule has 0 aliphatic heterocycles. The molecule has 0 aromatic carbocycles. The number of aromatic nitrogens is 2. The minimum absolute atomic E-state index is 0.120. The fourth-order valence-corrected chi connectivity index (χ4v) is 1.88. The maximum absolute atomic E-state index is 4.50. The van der Waals surface area contributed by atoms with Gasteiger partial charge in [0.05, 0.1) is 11.2 Å². The lowest BCUT2D eigenvalue weighted by atomic mass is 9.97. The summed E-state index contributed by atoms with van der Waals surface area (Å²) in [7, 11) is 0. The lowest BCUT2D eigenvalue weighted by Gasteiger charge is -2.25. The fourth-order valence-electron chi connectivity index (χ4n) is 1.88. The Morgan fingerprint density at radius 3 is 2.69 bits per heavy atom. The van der Waals surface area contributed by atoms with E-state index in [0.29, 0.717) is 0 Å². The highest BCUT2D eigenvalue weighted by Crippen LogP contribution is 2.22. The van der Waals surface area contributed by atoms with Crippen molar-refractivity contribution in [3.05, 3.63) is 24.5 Å². The van der Waals surface area contributed by atoms with Crippen LogP contribution in [0.3, 0.4) is 0 Å². The Morgan fingerprint density at radius 1 is 1.38 bits per heavy atom. The van der Waals surface area contributed by atoms with E-state index in [2.05, 4.69) is 43.3 Å². The molecule has 1 rings (SSSR count). The van der Waals surface area contributed by atoms with E-state index in [1.807, 2.05) is 6.07 Å². The molecule has 0 radical (unpaired) electrons. The van der Waals surface area contributed by atoms with Crippen molar-refractivity contribution in [3.63, 3.8) is 0 Å². The smallest absolute Gasteiger partial charge is 0.0845 e. The van der Waals surface area contributed by atoms with Gasteiger partial charge in [0, 0.05) is 6.20 Å². The van der Waals surface area contributed by atoms with Crippen molar-refractivity contribution >= 4 is 6.08 Å². The largest absolute Gasteiger partial charge is 0.267 e. The number of hydrogen-bond donors (Lipinski definition) is 0. The topological polar surface area (TPSA) is 17.8 Å². The zero-order chi connectivity index (χ0) is 12.0. The van der Waals surface area contributed by atoms with Crippen LogP contribution < -0.4 is 0 Å². The second kappa shape index (κ2) is 5.88. The van der Waals surface area contributed by atoms with Crippen LogP contribution >= 0.6 is 0 Å². The first kappa shape index (κ1) is 13.0. The van der Waals surface area contributed by atoms with E-state index < -0.39 is 0 Å². The molecule has 16 heavy (non-hydrogen) atoms. The summed E-state index contributed by atoms with van der Waals surface area (Å²) in [5.74, 6) is 0. The monoisotopic (exact) mass is 220 g/mol. The van der Waals surface area contributed by atoms with E-state index in [1.54, 1.807) is 6.08 Å². The summed E-state index contributed by atoms with van der Waals surface area (Å²) in [6.07, 6.45) is 10.3. The van der Waals surface area contributed by atoms with Gasteiger partial charge >= 0.3 is 0 Å². The summed E-state index contributed by atoms with van der Waals surface area (Å²) in [4.78, 5) is 0. The van der Waals surface area contributed by atoms with Crippen LogP contribution in [-0.2, 0) is 5.54 Å². The predicted octanol–water partition coefficient (Wildman–Crippen LogP) is 4.23. The van der Waals surface area contributed by atoms with Crippen molar-refractivity contribution in [2.45, 2.75) is 58.4 Å². The molecule has 1 aromatic heterocycles. The number of hydrogen-bond acceptors (Lipinski definition) is 1. The van der Waals surface area contributed by atoms with Gasteiger partial charge in [0.1, 0.15) is 0 Å². The van der Waals surface area contributed by atoms with E-state index in [4.69, 9.17) is 0 Å². The van der Waals surface area contributed by atoms with Gasteiger partial charge in [-0.1, -0.05) is 39.2 Å². The van der Waals surface area contributed by atoms with Gasteiger partial charge in [0.15, 0.2) is 0 Å². The quantitative estimate of drug-likeness (QED) is 0.629.